The Labute approximate surface area is 85.4 Å². The highest BCUT2D eigenvalue weighted by molar-refractivity contribution is 6.04. The minimum Gasteiger partial charge on any atom is -0.872 e. The van der Waals surface area contributed by atoms with Crippen molar-refractivity contribution in [1.82, 2.24) is 4.81 Å². The van der Waals surface area contributed by atoms with E-state index >= 15 is 0 Å². The van der Waals surface area contributed by atoms with Gasteiger partial charge in [0.25, 0.3) is 0 Å². The van der Waals surface area contributed by atoms with Crippen LogP contribution in [0.15, 0.2) is 24.3 Å². The van der Waals surface area contributed by atoms with E-state index in [1.165, 1.54) is 0 Å². The quantitative estimate of drug-likeness (QED) is 0.578. The molecule has 1 heterocycles. The molecule has 2 rings (SSSR count). The molecule has 4 heteroatoms. The molecule has 0 atom stereocenters. The predicted octanol–water partition coefficient (Wildman–Crippen LogP) is -0.0343. The van der Waals surface area contributed by atoms with Gasteiger partial charge >= 0.3 is 0 Å². The summed E-state index contributed by atoms with van der Waals surface area (Å²) in [6, 6.07) is 6.94. The number of piperazine rings is 1. The van der Waals surface area contributed by atoms with E-state index in [4.69, 9.17) is 7.98 Å². The van der Waals surface area contributed by atoms with Crippen molar-refractivity contribution >= 4 is 13.7 Å². The van der Waals surface area contributed by atoms with Gasteiger partial charge in [0.15, 0.2) is 7.98 Å². The maximum absolute atomic E-state index is 10.9. The van der Waals surface area contributed by atoms with E-state index in [2.05, 4.69) is 4.90 Å². The molecule has 0 bridgehead atoms. The molecule has 1 aromatic carbocycles. The lowest BCUT2D eigenvalue weighted by molar-refractivity contribution is -0.268. The Morgan fingerprint density at radius 2 is 1.57 bits per heavy atom. The Morgan fingerprint density at radius 1 is 1.00 bits per heavy atom. The average Bonchev–Trinajstić information content (AvgIpc) is 2.21. The summed E-state index contributed by atoms with van der Waals surface area (Å²) < 4.78 is 0. The highest BCUT2D eigenvalue weighted by Crippen LogP contribution is 2.17. The fraction of sp³-hybridized carbons (Fsp3) is 0.400. The number of nitrogens with zero attached hydrogens (tertiary/aromatic N) is 2. The van der Waals surface area contributed by atoms with Crippen LogP contribution in [0.1, 0.15) is 0 Å². The molecule has 0 N–H and O–H groups in total. The summed E-state index contributed by atoms with van der Waals surface area (Å²) in [6.07, 6.45) is 0. The maximum Gasteiger partial charge on any atom is 0.182 e. The van der Waals surface area contributed by atoms with Crippen LogP contribution in [-0.2, 0) is 0 Å². The molecule has 1 aliphatic heterocycles. The van der Waals surface area contributed by atoms with Crippen molar-refractivity contribution in [3.63, 3.8) is 0 Å². The minimum absolute atomic E-state index is 0.0613. The van der Waals surface area contributed by atoms with Crippen LogP contribution in [0.2, 0.25) is 0 Å². The fourth-order valence-electron chi connectivity index (χ4n) is 1.64. The van der Waals surface area contributed by atoms with Crippen molar-refractivity contribution in [2.24, 2.45) is 0 Å². The molecule has 2 radical (unpaired) electrons. The summed E-state index contributed by atoms with van der Waals surface area (Å²) in [5, 5.41) is 10.9. The summed E-state index contributed by atoms with van der Waals surface area (Å²) in [5.41, 5.74) is 1.11. The summed E-state index contributed by atoms with van der Waals surface area (Å²) in [7, 11) is 5.66. The molecule has 0 aromatic heterocycles. The van der Waals surface area contributed by atoms with Crippen molar-refractivity contribution < 1.29 is 5.11 Å². The molecule has 1 aromatic rings. The van der Waals surface area contributed by atoms with Crippen LogP contribution in [-0.4, -0.2) is 39.0 Å². The zero-order valence-corrected chi connectivity index (χ0v) is 8.02. The first-order valence-electron chi connectivity index (χ1n) is 4.77. The zero-order chi connectivity index (χ0) is 9.97. The first-order chi connectivity index (χ1) is 6.75. The summed E-state index contributed by atoms with van der Waals surface area (Å²) >= 11 is 0. The minimum atomic E-state index is 0.0613. The third-order valence-electron chi connectivity index (χ3n) is 2.52. The van der Waals surface area contributed by atoms with Gasteiger partial charge < -0.3 is 14.8 Å². The first-order valence-corrected chi connectivity index (χ1v) is 4.77. The van der Waals surface area contributed by atoms with Gasteiger partial charge in [-0.2, -0.15) is 0 Å². The Balaban J connectivity index is 2.05. The molecule has 3 nitrogen and oxygen atoms in total. The van der Waals surface area contributed by atoms with Gasteiger partial charge in [-0.15, -0.1) is 5.75 Å². The van der Waals surface area contributed by atoms with Gasteiger partial charge in [0.2, 0.25) is 0 Å². The lowest BCUT2D eigenvalue weighted by atomic mass is 10.2. The van der Waals surface area contributed by atoms with Crippen molar-refractivity contribution in [3.05, 3.63) is 24.3 Å². The average molecular weight is 187 g/mol. The van der Waals surface area contributed by atoms with Crippen LogP contribution in [0, 0.1) is 0 Å². The molecule has 0 amide bonds. The van der Waals surface area contributed by atoms with E-state index in [9.17, 15) is 5.11 Å². The topological polar surface area (TPSA) is 29.5 Å². The molecule has 0 saturated carbocycles. The normalized spacial score (nSPS) is 18.4. The standard InChI is InChI=1S/C10H13BN2O/c11-13-7-5-12(6-8-13)9-1-3-10(14)4-2-9/h1-4,14H,5-8H2/p-1. The highest BCUT2D eigenvalue weighted by Gasteiger charge is 2.12. The second-order valence-corrected chi connectivity index (χ2v) is 3.52. The molecule has 1 fully saturated rings. The van der Waals surface area contributed by atoms with E-state index in [1.807, 2.05) is 16.9 Å². The molecular weight excluding hydrogens is 175 g/mol. The monoisotopic (exact) mass is 187 g/mol. The molecule has 0 unspecified atom stereocenters. The molecule has 14 heavy (non-hydrogen) atoms. The van der Waals surface area contributed by atoms with Crippen LogP contribution in [0.4, 0.5) is 5.69 Å². The lowest BCUT2D eigenvalue weighted by Gasteiger charge is -2.34. The van der Waals surface area contributed by atoms with Crippen LogP contribution < -0.4 is 10.0 Å². The van der Waals surface area contributed by atoms with Gasteiger partial charge in [0.1, 0.15) is 0 Å². The lowest BCUT2D eigenvalue weighted by Crippen LogP contribution is -2.45. The van der Waals surface area contributed by atoms with E-state index in [1.54, 1.807) is 12.1 Å². The fourth-order valence-corrected chi connectivity index (χ4v) is 1.64. The summed E-state index contributed by atoms with van der Waals surface area (Å²) in [6.45, 7) is 3.60. The number of benzene rings is 1. The maximum atomic E-state index is 10.9. The molecule has 0 spiro atoms. The van der Waals surface area contributed by atoms with Gasteiger partial charge in [0, 0.05) is 31.9 Å². The number of hydrogen-bond donors (Lipinski definition) is 0. The first kappa shape index (κ1) is 9.40. The Bertz CT molecular complexity index is 293. The largest absolute Gasteiger partial charge is 0.872 e. The van der Waals surface area contributed by atoms with E-state index in [0.29, 0.717) is 0 Å². The zero-order valence-electron chi connectivity index (χ0n) is 8.02. The van der Waals surface area contributed by atoms with Crippen LogP contribution in [0.3, 0.4) is 0 Å². The van der Waals surface area contributed by atoms with E-state index < -0.39 is 0 Å². The SMILES string of the molecule is [B]N1CCN(c2ccc([O-])cc2)CC1. The number of anilines is 1. The molecule has 1 aliphatic rings. The third kappa shape index (κ3) is 2.01. The Morgan fingerprint density at radius 3 is 2.14 bits per heavy atom. The second kappa shape index (κ2) is 3.92. The molecule has 0 aliphatic carbocycles. The smallest absolute Gasteiger partial charge is 0.182 e. The van der Waals surface area contributed by atoms with Gasteiger partial charge in [-0.3, -0.25) is 0 Å². The Hall–Kier alpha value is -1.16. The Kier molecular flexibility index (Phi) is 2.63. The molecular formula is C10H12BN2O-. The molecule has 72 valence electrons. The third-order valence-corrected chi connectivity index (χ3v) is 2.52. The van der Waals surface area contributed by atoms with E-state index in [0.717, 1.165) is 31.9 Å². The summed E-state index contributed by atoms with van der Waals surface area (Å²) in [4.78, 5) is 4.06. The second-order valence-electron chi connectivity index (χ2n) is 3.52. The molecule has 1 saturated heterocycles. The number of hydrogen-bond acceptors (Lipinski definition) is 3. The highest BCUT2D eigenvalue weighted by atomic mass is 16.3. The van der Waals surface area contributed by atoms with Crippen molar-refractivity contribution in [1.29, 1.82) is 0 Å². The van der Waals surface area contributed by atoms with Gasteiger partial charge in [0.05, 0.1) is 0 Å². The van der Waals surface area contributed by atoms with Gasteiger partial charge in [-0.25, -0.2) is 0 Å². The van der Waals surface area contributed by atoms with Crippen molar-refractivity contribution in [2.45, 2.75) is 0 Å². The van der Waals surface area contributed by atoms with E-state index in [-0.39, 0.29) is 5.75 Å². The van der Waals surface area contributed by atoms with Crippen LogP contribution in [0.25, 0.3) is 0 Å². The summed E-state index contributed by atoms with van der Waals surface area (Å²) in [5.74, 6) is 0.0613. The number of rotatable bonds is 1. The van der Waals surface area contributed by atoms with Crippen LogP contribution >= 0.6 is 0 Å². The van der Waals surface area contributed by atoms with Gasteiger partial charge in [-0.1, -0.05) is 12.1 Å². The van der Waals surface area contributed by atoms with Crippen molar-refractivity contribution in [2.75, 3.05) is 31.1 Å². The van der Waals surface area contributed by atoms with Gasteiger partial charge in [-0.05, 0) is 12.1 Å². The van der Waals surface area contributed by atoms with Crippen LogP contribution in [0.5, 0.6) is 5.75 Å². The predicted molar refractivity (Wildman–Crippen MR) is 55.4 cm³/mol. The van der Waals surface area contributed by atoms with Crippen molar-refractivity contribution in [3.8, 4) is 5.75 Å².